The van der Waals surface area contributed by atoms with Crippen molar-refractivity contribution in [3.63, 3.8) is 0 Å². The third-order valence-electron chi connectivity index (χ3n) is 2.57. The first-order chi connectivity index (χ1) is 6.68. The van der Waals surface area contributed by atoms with Gasteiger partial charge in [-0.3, -0.25) is 4.79 Å². The van der Waals surface area contributed by atoms with Crippen molar-refractivity contribution in [2.45, 2.75) is 58.5 Å². The van der Waals surface area contributed by atoms with Crippen LogP contribution in [0.3, 0.4) is 0 Å². The van der Waals surface area contributed by atoms with Gasteiger partial charge in [0.25, 0.3) is 0 Å². The summed E-state index contributed by atoms with van der Waals surface area (Å²) in [7, 11) is 0. The van der Waals surface area contributed by atoms with Gasteiger partial charge in [0.15, 0.2) is 0 Å². The maximum absolute atomic E-state index is 10.7. The molecule has 1 fully saturated rings. The van der Waals surface area contributed by atoms with E-state index in [2.05, 4.69) is 6.08 Å². The molecule has 0 unspecified atom stereocenters. The summed E-state index contributed by atoms with van der Waals surface area (Å²) >= 11 is 0. The molecule has 0 radical (unpaired) electrons. The van der Waals surface area contributed by atoms with Crippen molar-refractivity contribution in [3.8, 4) is 0 Å². The molecule has 1 saturated carbocycles. The SMILES string of the molecule is CC(=O)O[C@H](C)C=C1CCCCCC1. The zero-order chi connectivity index (χ0) is 10.4. The smallest absolute Gasteiger partial charge is 0.303 e. The van der Waals surface area contributed by atoms with E-state index in [0.717, 1.165) is 0 Å². The Kier molecular flexibility index (Phi) is 4.71. The zero-order valence-electron chi connectivity index (χ0n) is 9.21. The Balaban J connectivity index is 2.43. The highest BCUT2D eigenvalue weighted by Crippen LogP contribution is 2.22. The van der Waals surface area contributed by atoms with Crippen LogP contribution in [0.2, 0.25) is 0 Å². The van der Waals surface area contributed by atoms with Crippen LogP contribution in [0.5, 0.6) is 0 Å². The minimum absolute atomic E-state index is 0.0550. The lowest BCUT2D eigenvalue weighted by Gasteiger charge is -2.09. The fourth-order valence-electron chi connectivity index (χ4n) is 1.98. The molecule has 0 aromatic carbocycles. The van der Waals surface area contributed by atoms with Gasteiger partial charge in [-0.15, -0.1) is 0 Å². The summed E-state index contributed by atoms with van der Waals surface area (Å²) in [5.74, 6) is -0.192. The normalized spacial score (nSPS) is 19.7. The van der Waals surface area contributed by atoms with Crippen LogP contribution >= 0.6 is 0 Å². The van der Waals surface area contributed by atoms with E-state index in [4.69, 9.17) is 4.74 Å². The number of hydrogen-bond donors (Lipinski definition) is 0. The first-order valence-electron chi connectivity index (χ1n) is 5.55. The van der Waals surface area contributed by atoms with Crippen LogP contribution in [-0.4, -0.2) is 12.1 Å². The molecule has 14 heavy (non-hydrogen) atoms. The van der Waals surface area contributed by atoms with Gasteiger partial charge in [-0.05, 0) is 38.7 Å². The van der Waals surface area contributed by atoms with Gasteiger partial charge in [0, 0.05) is 6.92 Å². The average Bonchev–Trinajstić information content (AvgIpc) is 2.31. The minimum atomic E-state index is -0.192. The molecule has 1 rings (SSSR count). The van der Waals surface area contributed by atoms with Crippen LogP contribution in [0.1, 0.15) is 52.4 Å². The fraction of sp³-hybridized carbons (Fsp3) is 0.750. The third kappa shape index (κ3) is 4.45. The summed E-state index contributed by atoms with van der Waals surface area (Å²) in [5, 5.41) is 0. The Bertz CT molecular complexity index is 208. The molecule has 0 aromatic heterocycles. The summed E-state index contributed by atoms with van der Waals surface area (Å²) in [6.07, 6.45) is 9.71. The van der Waals surface area contributed by atoms with E-state index in [1.807, 2.05) is 6.92 Å². The molecule has 1 aliphatic carbocycles. The quantitative estimate of drug-likeness (QED) is 0.385. The van der Waals surface area contributed by atoms with Crippen LogP contribution in [0, 0.1) is 0 Å². The highest BCUT2D eigenvalue weighted by Gasteiger charge is 2.07. The van der Waals surface area contributed by atoms with Crippen molar-refractivity contribution in [2.24, 2.45) is 0 Å². The summed E-state index contributed by atoms with van der Waals surface area (Å²) in [6.45, 7) is 3.39. The predicted octanol–water partition coefficient (Wildman–Crippen LogP) is 3.22. The monoisotopic (exact) mass is 196 g/mol. The van der Waals surface area contributed by atoms with Gasteiger partial charge in [0.05, 0.1) is 0 Å². The predicted molar refractivity (Wildman–Crippen MR) is 57.0 cm³/mol. The Morgan fingerprint density at radius 1 is 1.29 bits per heavy atom. The lowest BCUT2D eigenvalue weighted by molar-refractivity contribution is -0.143. The molecule has 0 saturated heterocycles. The van der Waals surface area contributed by atoms with Gasteiger partial charge < -0.3 is 4.74 Å². The van der Waals surface area contributed by atoms with Crippen molar-refractivity contribution >= 4 is 5.97 Å². The standard InChI is InChI=1S/C12H20O2/c1-10(14-11(2)13)9-12-7-5-3-4-6-8-12/h9-10H,3-8H2,1-2H3/t10-/m1/s1. The molecule has 0 heterocycles. The van der Waals surface area contributed by atoms with E-state index < -0.39 is 0 Å². The second-order valence-corrected chi connectivity index (χ2v) is 4.05. The van der Waals surface area contributed by atoms with Gasteiger partial charge in [0.1, 0.15) is 6.10 Å². The van der Waals surface area contributed by atoms with Gasteiger partial charge in [0.2, 0.25) is 0 Å². The second kappa shape index (κ2) is 5.84. The maximum atomic E-state index is 10.7. The number of esters is 1. The van der Waals surface area contributed by atoms with Crippen molar-refractivity contribution in [1.29, 1.82) is 0 Å². The van der Waals surface area contributed by atoms with Crippen LogP contribution in [-0.2, 0) is 9.53 Å². The molecular formula is C12H20O2. The van der Waals surface area contributed by atoms with Crippen molar-refractivity contribution in [3.05, 3.63) is 11.6 Å². The molecule has 0 aliphatic heterocycles. The maximum Gasteiger partial charge on any atom is 0.303 e. The van der Waals surface area contributed by atoms with Crippen molar-refractivity contribution in [2.75, 3.05) is 0 Å². The van der Waals surface area contributed by atoms with Crippen LogP contribution < -0.4 is 0 Å². The molecule has 0 amide bonds. The van der Waals surface area contributed by atoms with Crippen LogP contribution in [0.15, 0.2) is 11.6 Å². The van der Waals surface area contributed by atoms with E-state index in [-0.39, 0.29) is 12.1 Å². The number of carbonyl (C=O) groups is 1. The lowest BCUT2D eigenvalue weighted by Crippen LogP contribution is -2.09. The Hall–Kier alpha value is -0.790. The highest BCUT2D eigenvalue weighted by molar-refractivity contribution is 5.66. The summed E-state index contributed by atoms with van der Waals surface area (Å²) < 4.78 is 5.08. The molecule has 0 aromatic rings. The third-order valence-corrected chi connectivity index (χ3v) is 2.57. The van der Waals surface area contributed by atoms with Gasteiger partial charge in [-0.25, -0.2) is 0 Å². The molecule has 1 atom stereocenters. The lowest BCUT2D eigenvalue weighted by atomic mass is 10.1. The number of allylic oxidation sites excluding steroid dienone is 1. The van der Waals surface area contributed by atoms with Crippen molar-refractivity contribution < 1.29 is 9.53 Å². The summed E-state index contributed by atoms with van der Waals surface area (Å²) in [5.41, 5.74) is 1.47. The molecule has 0 spiro atoms. The molecule has 0 N–H and O–H groups in total. The largest absolute Gasteiger partial charge is 0.459 e. The topological polar surface area (TPSA) is 26.3 Å². The second-order valence-electron chi connectivity index (χ2n) is 4.05. The molecular weight excluding hydrogens is 176 g/mol. The number of carbonyl (C=O) groups excluding carboxylic acids is 1. The van der Waals surface area contributed by atoms with E-state index in [0.29, 0.717) is 0 Å². The zero-order valence-corrected chi connectivity index (χ0v) is 9.21. The van der Waals surface area contributed by atoms with Gasteiger partial charge in [-0.2, -0.15) is 0 Å². The fourth-order valence-corrected chi connectivity index (χ4v) is 1.98. The molecule has 2 nitrogen and oxygen atoms in total. The molecule has 2 heteroatoms. The first-order valence-corrected chi connectivity index (χ1v) is 5.55. The summed E-state index contributed by atoms with van der Waals surface area (Å²) in [6, 6.07) is 0. The van der Waals surface area contributed by atoms with E-state index in [9.17, 15) is 4.79 Å². The molecule has 0 bridgehead atoms. The Morgan fingerprint density at radius 2 is 1.86 bits per heavy atom. The molecule has 80 valence electrons. The Labute approximate surface area is 86.3 Å². The van der Waals surface area contributed by atoms with E-state index in [1.54, 1.807) is 0 Å². The van der Waals surface area contributed by atoms with E-state index >= 15 is 0 Å². The van der Waals surface area contributed by atoms with Gasteiger partial charge >= 0.3 is 5.97 Å². The van der Waals surface area contributed by atoms with E-state index in [1.165, 1.54) is 51.0 Å². The van der Waals surface area contributed by atoms with Gasteiger partial charge in [-0.1, -0.05) is 18.4 Å². The minimum Gasteiger partial charge on any atom is -0.459 e. The van der Waals surface area contributed by atoms with Crippen molar-refractivity contribution in [1.82, 2.24) is 0 Å². The van der Waals surface area contributed by atoms with Crippen LogP contribution in [0.4, 0.5) is 0 Å². The summed E-state index contributed by atoms with van der Waals surface area (Å²) in [4.78, 5) is 10.7. The number of hydrogen-bond acceptors (Lipinski definition) is 2. The Morgan fingerprint density at radius 3 is 2.36 bits per heavy atom. The highest BCUT2D eigenvalue weighted by atomic mass is 16.5. The molecule has 1 aliphatic rings. The number of ether oxygens (including phenoxy) is 1. The average molecular weight is 196 g/mol. The number of rotatable bonds is 2. The first kappa shape index (κ1) is 11.3. The van der Waals surface area contributed by atoms with Crippen LogP contribution in [0.25, 0.3) is 0 Å².